The SMILES string of the molecule is CCNc1cccc(N(C)CCN2CCCC2)n1. The Hall–Kier alpha value is -1.29. The van der Waals surface area contributed by atoms with E-state index in [2.05, 4.69) is 46.2 Å². The summed E-state index contributed by atoms with van der Waals surface area (Å²) < 4.78 is 0. The van der Waals surface area contributed by atoms with Gasteiger partial charge in [0.25, 0.3) is 0 Å². The normalized spacial score (nSPS) is 15.9. The van der Waals surface area contributed by atoms with Crippen molar-refractivity contribution < 1.29 is 0 Å². The van der Waals surface area contributed by atoms with Crippen molar-refractivity contribution in [3.05, 3.63) is 18.2 Å². The molecule has 1 N–H and O–H groups in total. The molecule has 4 heteroatoms. The number of aromatic nitrogens is 1. The van der Waals surface area contributed by atoms with Gasteiger partial charge < -0.3 is 15.1 Å². The fourth-order valence-electron chi connectivity index (χ4n) is 2.33. The third-order valence-corrected chi connectivity index (χ3v) is 3.43. The van der Waals surface area contributed by atoms with Gasteiger partial charge >= 0.3 is 0 Å². The molecule has 0 amide bonds. The zero-order chi connectivity index (χ0) is 12.8. The van der Waals surface area contributed by atoms with Gasteiger partial charge in [-0.25, -0.2) is 4.98 Å². The van der Waals surface area contributed by atoms with Crippen molar-refractivity contribution >= 4 is 11.6 Å². The topological polar surface area (TPSA) is 31.4 Å². The lowest BCUT2D eigenvalue weighted by Gasteiger charge is -2.22. The van der Waals surface area contributed by atoms with Gasteiger partial charge in [0.2, 0.25) is 0 Å². The molecular formula is C14H24N4. The van der Waals surface area contributed by atoms with Crippen LogP contribution in [0.2, 0.25) is 0 Å². The molecule has 0 unspecified atom stereocenters. The zero-order valence-electron chi connectivity index (χ0n) is 11.5. The van der Waals surface area contributed by atoms with E-state index in [1.165, 1.54) is 25.9 Å². The number of rotatable bonds is 6. The van der Waals surface area contributed by atoms with E-state index in [0.29, 0.717) is 0 Å². The summed E-state index contributed by atoms with van der Waals surface area (Å²) in [6.45, 7) is 7.71. The smallest absolute Gasteiger partial charge is 0.130 e. The monoisotopic (exact) mass is 248 g/mol. The van der Waals surface area contributed by atoms with E-state index in [0.717, 1.165) is 31.3 Å². The highest BCUT2D eigenvalue weighted by Gasteiger charge is 2.12. The fraction of sp³-hybridized carbons (Fsp3) is 0.643. The Morgan fingerprint density at radius 1 is 1.33 bits per heavy atom. The lowest BCUT2D eigenvalue weighted by atomic mass is 10.4. The lowest BCUT2D eigenvalue weighted by Crippen LogP contribution is -2.31. The Bertz CT molecular complexity index is 361. The van der Waals surface area contributed by atoms with Crippen LogP contribution in [0.1, 0.15) is 19.8 Å². The van der Waals surface area contributed by atoms with E-state index in [1.807, 2.05) is 6.07 Å². The first-order valence-corrected chi connectivity index (χ1v) is 6.94. The second-order valence-corrected chi connectivity index (χ2v) is 4.88. The fourth-order valence-corrected chi connectivity index (χ4v) is 2.33. The van der Waals surface area contributed by atoms with E-state index >= 15 is 0 Å². The van der Waals surface area contributed by atoms with Gasteiger partial charge in [0.15, 0.2) is 0 Å². The molecule has 0 spiro atoms. The van der Waals surface area contributed by atoms with Crippen molar-refractivity contribution in [3.8, 4) is 0 Å². The number of hydrogen-bond donors (Lipinski definition) is 1. The van der Waals surface area contributed by atoms with Crippen molar-refractivity contribution in [1.29, 1.82) is 0 Å². The number of likely N-dealkylation sites (N-methyl/N-ethyl adjacent to an activating group) is 1. The molecule has 0 atom stereocenters. The van der Waals surface area contributed by atoms with Crippen molar-refractivity contribution in [3.63, 3.8) is 0 Å². The number of anilines is 2. The average molecular weight is 248 g/mol. The summed E-state index contributed by atoms with van der Waals surface area (Å²) in [6, 6.07) is 6.15. The standard InChI is InChI=1S/C14H24N4/c1-3-15-13-7-6-8-14(16-13)17(2)11-12-18-9-4-5-10-18/h6-8H,3-5,9-12H2,1-2H3,(H,15,16). The molecular weight excluding hydrogens is 224 g/mol. The minimum absolute atomic E-state index is 0.911. The number of likely N-dealkylation sites (tertiary alicyclic amines) is 1. The van der Waals surface area contributed by atoms with Crippen molar-refractivity contribution in [2.75, 3.05) is 50.0 Å². The molecule has 4 nitrogen and oxygen atoms in total. The van der Waals surface area contributed by atoms with Crippen molar-refractivity contribution in [2.45, 2.75) is 19.8 Å². The molecule has 0 bridgehead atoms. The second-order valence-electron chi connectivity index (χ2n) is 4.88. The molecule has 0 saturated carbocycles. The Balaban J connectivity index is 1.86. The van der Waals surface area contributed by atoms with Crippen LogP contribution >= 0.6 is 0 Å². The van der Waals surface area contributed by atoms with Gasteiger partial charge in [-0.05, 0) is 45.0 Å². The van der Waals surface area contributed by atoms with E-state index in [1.54, 1.807) is 0 Å². The molecule has 18 heavy (non-hydrogen) atoms. The summed E-state index contributed by atoms with van der Waals surface area (Å²) in [5, 5.41) is 3.25. The molecule has 0 radical (unpaired) electrons. The number of nitrogens with zero attached hydrogens (tertiary/aromatic N) is 3. The van der Waals surface area contributed by atoms with Crippen molar-refractivity contribution in [2.24, 2.45) is 0 Å². The molecule has 2 rings (SSSR count). The van der Waals surface area contributed by atoms with Crippen LogP contribution in [0.15, 0.2) is 18.2 Å². The van der Waals surface area contributed by atoms with Crippen LogP contribution in [0.25, 0.3) is 0 Å². The van der Waals surface area contributed by atoms with Crippen LogP contribution in [0, 0.1) is 0 Å². The van der Waals surface area contributed by atoms with Crippen LogP contribution in [0.3, 0.4) is 0 Å². The summed E-state index contributed by atoms with van der Waals surface area (Å²) in [4.78, 5) is 9.37. The maximum Gasteiger partial charge on any atom is 0.130 e. The third-order valence-electron chi connectivity index (χ3n) is 3.43. The van der Waals surface area contributed by atoms with Gasteiger partial charge in [0.05, 0.1) is 0 Å². The molecule has 1 aromatic heterocycles. The van der Waals surface area contributed by atoms with Crippen molar-refractivity contribution in [1.82, 2.24) is 9.88 Å². The van der Waals surface area contributed by atoms with Crippen LogP contribution in [-0.2, 0) is 0 Å². The molecule has 1 saturated heterocycles. The average Bonchev–Trinajstić information content (AvgIpc) is 2.90. The number of pyridine rings is 1. The molecule has 1 aliphatic rings. The van der Waals surface area contributed by atoms with E-state index in [9.17, 15) is 0 Å². The summed E-state index contributed by atoms with van der Waals surface area (Å²) >= 11 is 0. The molecule has 2 heterocycles. The Morgan fingerprint density at radius 3 is 2.83 bits per heavy atom. The molecule has 0 aliphatic carbocycles. The number of hydrogen-bond acceptors (Lipinski definition) is 4. The van der Waals surface area contributed by atoms with Gasteiger partial charge in [0.1, 0.15) is 11.6 Å². The molecule has 1 aliphatic heterocycles. The Kier molecular flexibility index (Phi) is 4.81. The van der Waals surface area contributed by atoms with Crippen LogP contribution in [0.4, 0.5) is 11.6 Å². The predicted molar refractivity (Wildman–Crippen MR) is 77.3 cm³/mol. The summed E-state index contributed by atoms with van der Waals surface area (Å²) in [5.74, 6) is 2.01. The third kappa shape index (κ3) is 3.60. The summed E-state index contributed by atoms with van der Waals surface area (Å²) in [6.07, 6.45) is 2.72. The maximum absolute atomic E-state index is 4.60. The highest BCUT2D eigenvalue weighted by molar-refractivity contribution is 5.46. The lowest BCUT2D eigenvalue weighted by molar-refractivity contribution is 0.346. The van der Waals surface area contributed by atoms with Crippen LogP contribution in [-0.4, -0.2) is 49.7 Å². The van der Waals surface area contributed by atoms with Gasteiger partial charge in [-0.15, -0.1) is 0 Å². The maximum atomic E-state index is 4.60. The van der Waals surface area contributed by atoms with E-state index in [4.69, 9.17) is 0 Å². The molecule has 1 aromatic rings. The van der Waals surface area contributed by atoms with Gasteiger partial charge in [-0.3, -0.25) is 0 Å². The first kappa shape index (κ1) is 13.1. The highest BCUT2D eigenvalue weighted by atomic mass is 15.2. The van der Waals surface area contributed by atoms with Gasteiger partial charge in [0, 0.05) is 26.7 Å². The quantitative estimate of drug-likeness (QED) is 0.835. The van der Waals surface area contributed by atoms with Crippen LogP contribution in [0.5, 0.6) is 0 Å². The first-order chi connectivity index (χ1) is 8.79. The minimum atomic E-state index is 0.911. The Morgan fingerprint density at radius 2 is 2.11 bits per heavy atom. The predicted octanol–water partition coefficient (Wildman–Crippen LogP) is 2.05. The summed E-state index contributed by atoms with van der Waals surface area (Å²) in [7, 11) is 2.12. The van der Waals surface area contributed by atoms with E-state index in [-0.39, 0.29) is 0 Å². The molecule has 0 aromatic carbocycles. The zero-order valence-corrected chi connectivity index (χ0v) is 11.5. The Labute approximate surface area is 110 Å². The molecule has 100 valence electrons. The number of nitrogens with one attached hydrogen (secondary N) is 1. The highest BCUT2D eigenvalue weighted by Crippen LogP contribution is 2.13. The van der Waals surface area contributed by atoms with Gasteiger partial charge in [-0.2, -0.15) is 0 Å². The molecule has 1 fully saturated rings. The largest absolute Gasteiger partial charge is 0.370 e. The second kappa shape index (κ2) is 6.59. The van der Waals surface area contributed by atoms with E-state index < -0.39 is 0 Å². The first-order valence-electron chi connectivity index (χ1n) is 6.94. The summed E-state index contributed by atoms with van der Waals surface area (Å²) in [5.41, 5.74) is 0. The minimum Gasteiger partial charge on any atom is -0.370 e. The van der Waals surface area contributed by atoms with Crippen LogP contribution < -0.4 is 10.2 Å². The van der Waals surface area contributed by atoms with Gasteiger partial charge in [-0.1, -0.05) is 6.07 Å².